The standard InChI is InChI=1S/C18H11N5O3/c24-17(16-12(18(25)26)6-3-9-21-16)23-22-13-10-4-1-7-19-14(10)15-11(13)5-2-8-20-15/h1-9,19H,(H,25,26). The molecule has 3 heterocycles. The highest BCUT2D eigenvalue weighted by atomic mass is 16.4. The second-order valence-electron chi connectivity index (χ2n) is 5.42. The number of azo groups is 1. The lowest BCUT2D eigenvalue weighted by Crippen LogP contribution is -2.08. The first-order chi connectivity index (χ1) is 12.7. The van der Waals surface area contributed by atoms with Gasteiger partial charge in [-0.3, -0.25) is 14.8 Å². The average Bonchev–Trinajstić information content (AvgIpc) is 3.00. The molecule has 1 amide bonds. The van der Waals surface area contributed by atoms with E-state index in [1.807, 2.05) is 18.2 Å². The summed E-state index contributed by atoms with van der Waals surface area (Å²) in [5, 5.41) is 17.7. The van der Waals surface area contributed by atoms with Crippen molar-refractivity contribution in [3.05, 3.63) is 66.2 Å². The second kappa shape index (κ2) is 6.17. The van der Waals surface area contributed by atoms with E-state index in [0.29, 0.717) is 11.2 Å². The summed E-state index contributed by atoms with van der Waals surface area (Å²) in [5.74, 6) is -2.08. The van der Waals surface area contributed by atoms with Gasteiger partial charge in [-0.1, -0.05) is 0 Å². The molecule has 0 saturated carbocycles. The number of carbonyl (C=O) groups is 2. The second-order valence-corrected chi connectivity index (χ2v) is 5.42. The zero-order valence-electron chi connectivity index (χ0n) is 13.2. The number of aromatic nitrogens is 3. The van der Waals surface area contributed by atoms with E-state index in [0.717, 1.165) is 16.6 Å². The number of amides is 1. The minimum atomic E-state index is -1.25. The molecule has 0 spiro atoms. The van der Waals surface area contributed by atoms with Crippen molar-refractivity contribution in [1.82, 2.24) is 15.0 Å². The Hall–Kier alpha value is -3.94. The van der Waals surface area contributed by atoms with Gasteiger partial charge in [0.1, 0.15) is 11.4 Å². The van der Waals surface area contributed by atoms with Crippen LogP contribution in [0.1, 0.15) is 20.8 Å². The molecule has 126 valence electrons. The Bertz CT molecular complexity index is 1150. The lowest BCUT2D eigenvalue weighted by molar-refractivity contribution is 0.0691. The van der Waals surface area contributed by atoms with Crippen LogP contribution in [0.4, 0.5) is 5.69 Å². The Balaban J connectivity index is 1.80. The first kappa shape index (κ1) is 15.6. The van der Waals surface area contributed by atoms with Crippen LogP contribution < -0.4 is 0 Å². The predicted octanol–water partition coefficient (Wildman–Crippen LogP) is 3.69. The Kier molecular flexibility index (Phi) is 3.70. The summed E-state index contributed by atoms with van der Waals surface area (Å²) in [7, 11) is 0. The van der Waals surface area contributed by atoms with E-state index in [1.54, 1.807) is 18.5 Å². The summed E-state index contributed by atoms with van der Waals surface area (Å²) in [6, 6.07) is 9.99. The lowest BCUT2D eigenvalue weighted by Gasteiger charge is -2.00. The Morgan fingerprint density at radius 2 is 1.85 bits per heavy atom. The number of H-pyrrole nitrogens is 1. The molecule has 0 radical (unpaired) electrons. The van der Waals surface area contributed by atoms with Gasteiger partial charge in [0, 0.05) is 29.5 Å². The van der Waals surface area contributed by atoms with E-state index < -0.39 is 11.9 Å². The van der Waals surface area contributed by atoms with Crippen molar-refractivity contribution in [2.24, 2.45) is 10.2 Å². The number of carbonyl (C=O) groups excluding carboxylic acids is 1. The Morgan fingerprint density at radius 1 is 1.04 bits per heavy atom. The van der Waals surface area contributed by atoms with Gasteiger partial charge in [0.25, 0.3) is 0 Å². The molecule has 2 aromatic rings. The molecule has 8 heteroatoms. The number of carboxylic acid groups (broad SMARTS) is 1. The van der Waals surface area contributed by atoms with Gasteiger partial charge < -0.3 is 10.1 Å². The predicted molar refractivity (Wildman–Crippen MR) is 92.8 cm³/mol. The molecule has 4 rings (SSSR count). The van der Waals surface area contributed by atoms with E-state index in [9.17, 15) is 14.7 Å². The molecule has 0 fully saturated rings. The third kappa shape index (κ3) is 2.49. The molecule has 0 saturated heterocycles. The van der Waals surface area contributed by atoms with Crippen LogP contribution in [-0.4, -0.2) is 31.9 Å². The number of pyridine rings is 3. The van der Waals surface area contributed by atoms with Crippen molar-refractivity contribution in [1.29, 1.82) is 0 Å². The molecule has 2 N–H and O–H groups in total. The van der Waals surface area contributed by atoms with E-state index in [-0.39, 0.29) is 11.3 Å². The number of hydrogen-bond donors (Lipinski definition) is 2. The molecule has 0 bridgehead atoms. The third-order valence-corrected chi connectivity index (χ3v) is 3.89. The van der Waals surface area contributed by atoms with Gasteiger partial charge in [-0.2, -0.15) is 0 Å². The van der Waals surface area contributed by atoms with Gasteiger partial charge in [-0.15, -0.1) is 10.2 Å². The zero-order chi connectivity index (χ0) is 18.1. The van der Waals surface area contributed by atoms with Crippen molar-refractivity contribution >= 4 is 28.5 Å². The van der Waals surface area contributed by atoms with E-state index in [4.69, 9.17) is 0 Å². The molecule has 1 aliphatic carbocycles. The van der Waals surface area contributed by atoms with Crippen molar-refractivity contribution in [2.45, 2.75) is 0 Å². The molecule has 0 aromatic carbocycles. The maximum atomic E-state index is 12.3. The topological polar surface area (TPSA) is 121 Å². The van der Waals surface area contributed by atoms with Crippen LogP contribution in [0.15, 0.2) is 65.2 Å². The SMILES string of the molecule is O=C(O)c1cccnc1C(=O)N=Nc1c2ccc[nH]c-2c2ncccc12. The third-order valence-electron chi connectivity index (χ3n) is 3.89. The normalized spacial score (nSPS) is 11.4. The average molecular weight is 345 g/mol. The molecule has 26 heavy (non-hydrogen) atoms. The largest absolute Gasteiger partial charge is 0.478 e. The van der Waals surface area contributed by atoms with E-state index in [1.165, 1.54) is 18.3 Å². The van der Waals surface area contributed by atoms with E-state index in [2.05, 4.69) is 25.2 Å². The molecule has 8 nitrogen and oxygen atoms in total. The first-order valence-electron chi connectivity index (χ1n) is 7.65. The van der Waals surface area contributed by atoms with Crippen molar-refractivity contribution in [3.8, 4) is 11.3 Å². The fourth-order valence-electron chi connectivity index (χ4n) is 2.77. The summed E-state index contributed by atoms with van der Waals surface area (Å²) in [5.41, 5.74) is 2.28. The summed E-state index contributed by atoms with van der Waals surface area (Å²) in [6.07, 6.45) is 4.78. The highest BCUT2D eigenvalue weighted by Gasteiger charge is 2.20. The van der Waals surface area contributed by atoms with Crippen LogP contribution in [0.2, 0.25) is 0 Å². The molecular formula is C18H11N5O3. The summed E-state index contributed by atoms with van der Waals surface area (Å²) in [6.45, 7) is 0. The van der Waals surface area contributed by atoms with Crippen molar-refractivity contribution in [2.75, 3.05) is 0 Å². The highest BCUT2D eigenvalue weighted by Crippen LogP contribution is 2.42. The number of hydrogen-bond acceptors (Lipinski definition) is 5. The number of fused-ring (bicyclic) bond motifs is 3. The minimum Gasteiger partial charge on any atom is -0.478 e. The fourth-order valence-corrected chi connectivity index (χ4v) is 2.77. The van der Waals surface area contributed by atoms with Crippen LogP contribution in [-0.2, 0) is 0 Å². The van der Waals surface area contributed by atoms with Crippen molar-refractivity contribution < 1.29 is 14.7 Å². The van der Waals surface area contributed by atoms with Crippen LogP contribution in [0, 0.1) is 0 Å². The minimum absolute atomic E-state index is 0.219. The number of rotatable bonds is 3. The van der Waals surface area contributed by atoms with E-state index >= 15 is 0 Å². The highest BCUT2D eigenvalue weighted by molar-refractivity contribution is 6.09. The van der Waals surface area contributed by atoms with Gasteiger partial charge in [0.05, 0.1) is 16.8 Å². The number of carboxylic acids is 1. The van der Waals surface area contributed by atoms with Crippen LogP contribution >= 0.6 is 0 Å². The van der Waals surface area contributed by atoms with Gasteiger partial charge in [-0.25, -0.2) is 4.79 Å². The molecule has 2 aliphatic rings. The molecule has 1 aliphatic heterocycles. The molecule has 0 unspecified atom stereocenters. The number of nitrogens with one attached hydrogen (secondary N) is 1. The zero-order valence-corrected chi connectivity index (χ0v) is 13.2. The first-order valence-corrected chi connectivity index (χ1v) is 7.65. The van der Waals surface area contributed by atoms with Crippen molar-refractivity contribution in [3.63, 3.8) is 0 Å². The van der Waals surface area contributed by atoms with Crippen LogP contribution in [0.3, 0.4) is 0 Å². The molecule has 2 aromatic heterocycles. The maximum Gasteiger partial charge on any atom is 0.338 e. The van der Waals surface area contributed by atoms with Gasteiger partial charge >= 0.3 is 11.9 Å². The van der Waals surface area contributed by atoms with Crippen LogP contribution in [0.5, 0.6) is 0 Å². The monoisotopic (exact) mass is 345 g/mol. The van der Waals surface area contributed by atoms with Crippen LogP contribution in [0.25, 0.3) is 22.2 Å². The number of aromatic carboxylic acids is 1. The smallest absolute Gasteiger partial charge is 0.338 e. The van der Waals surface area contributed by atoms with Gasteiger partial charge in [0.15, 0.2) is 0 Å². The quantitative estimate of drug-likeness (QED) is 0.549. The van der Waals surface area contributed by atoms with Gasteiger partial charge in [0.2, 0.25) is 0 Å². The fraction of sp³-hybridized carbons (Fsp3) is 0. The summed E-state index contributed by atoms with van der Waals surface area (Å²) < 4.78 is 0. The summed E-state index contributed by atoms with van der Waals surface area (Å²) >= 11 is 0. The Labute approximate surface area is 146 Å². The molecule has 0 atom stereocenters. The number of aromatic amines is 1. The Morgan fingerprint density at radius 3 is 2.69 bits per heavy atom. The molecular weight excluding hydrogens is 334 g/mol. The maximum absolute atomic E-state index is 12.3. The van der Waals surface area contributed by atoms with Gasteiger partial charge in [-0.05, 0) is 36.4 Å². The number of nitrogens with zero attached hydrogens (tertiary/aromatic N) is 4. The summed E-state index contributed by atoms with van der Waals surface area (Å²) in [4.78, 5) is 34.8. The lowest BCUT2D eigenvalue weighted by atomic mass is 10.2.